The highest BCUT2D eigenvalue weighted by atomic mass is 16.5. The van der Waals surface area contributed by atoms with Crippen molar-refractivity contribution in [1.82, 2.24) is 14.8 Å². The molecule has 0 unspecified atom stereocenters. The molecular formula is C20H28N4O. The van der Waals surface area contributed by atoms with Gasteiger partial charge in [0.15, 0.2) is 5.82 Å². The number of nitrogens with zero attached hydrogens (tertiary/aromatic N) is 3. The van der Waals surface area contributed by atoms with Crippen molar-refractivity contribution in [2.75, 3.05) is 7.11 Å². The molecule has 0 spiro atoms. The summed E-state index contributed by atoms with van der Waals surface area (Å²) in [5.74, 6) is 4.02. The molecule has 0 bridgehead atoms. The van der Waals surface area contributed by atoms with Gasteiger partial charge < -0.3 is 10.5 Å². The van der Waals surface area contributed by atoms with Crippen LogP contribution in [0.15, 0.2) is 24.3 Å². The molecule has 5 heteroatoms. The van der Waals surface area contributed by atoms with Crippen molar-refractivity contribution in [3.63, 3.8) is 0 Å². The number of hydrogen-bond acceptors (Lipinski definition) is 4. The van der Waals surface area contributed by atoms with Crippen LogP contribution in [0.5, 0.6) is 5.75 Å². The van der Waals surface area contributed by atoms with Crippen LogP contribution in [0.1, 0.15) is 74.9 Å². The lowest BCUT2D eigenvalue weighted by Gasteiger charge is -2.25. The Bertz CT molecular complexity index is 695. The third-order valence-corrected chi connectivity index (χ3v) is 5.82. The van der Waals surface area contributed by atoms with Crippen molar-refractivity contribution in [2.45, 2.75) is 69.2 Å². The number of ether oxygens (including phenoxy) is 1. The van der Waals surface area contributed by atoms with Crippen LogP contribution in [0.3, 0.4) is 0 Å². The van der Waals surface area contributed by atoms with Crippen LogP contribution in [0, 0.1) is 0 Å². The van der Waals surface area contributed by atoms with Crippen molar-refractivity contribution < 1.29 is 4.74 Å². The maximum absolute atomic E-state index is 6.10. The molecule has 0 radical (unpaired) electrons. The normalized spacial score (nSPS) is 24.6. The summed E-state index contributed by atoms with van der Waals surface area (Å²) >= 11 is 0. The van der Waals surface area contributed by atoms with Gasteiger partial charge in [-0.2, -0.15) is 5.10 Å². The molecule has 1 aromatic carbocycles. The van der Waals surface area contributed by atoms with Crippen molar-refractivity contribution in [3.8, 4) is 11.4 Å². The fourth-order valence-corrected chi connectivity index (χ4v) is 4.25. The molecule has 5 nitrogen and oxygen atoms in total. The standard InChI is InChI=1S/C20H28N4O/c1-25-18-12-10-17(11-13-18)24-20(15-6-8-16(21)9-7-15)22-19(23-24)14-4-2-3-5-14/h10-16H,2-9,21H2,1H3. The minimum Gasteiger partial charge on any atom is -0.497 e. The summed E-state index contributed by atoms with van der Waals surface area (Å²) in [6.45, 7) is 0. The van der Waals surface area contributed by atoms with Gasteiger partial charge in [-0.1, -0.05) is 12.8 Å². The van der Waals surface area contributed by atoms with Crippen LogP contribution in [-0.4, -0.2) is 27.9 Å². The molecule has 2 aliphatic rings. The zero-order valence-electron chi connectivity index (χ0n) is 15.0. The number of methoxy groups -OCH3 is 1. The largest absolute Gasteiger partial charge is 0.497 e. The van der Waals surface area contributed by atoms with E-state index in [1.165, 1.54) is 25.7 Å². The highest BCUT2D eigenvalue weighted by Gasteiger charge is 2.29. The highest BCUT2D eigenvalue weighted by Crippen LogP contribution is 2.36. The molecule has 134 valence electrons. The Morgan fingerprint density at radius 3 is 2.28 bits per heavy atom. The summed E-state index contributed by atoms with van der Waals surface area (Å²) < 4.78 is 7.37. The summed E-state index contributed by atoms with van der Waals surface area (Å²) in [4.78, 5) is 5.04. The van der Waals surface area contributed by atoms with E-state index in [0.717, 1.165) is 48.8 Å². The second kappa shape index (κ2) is 7.16. The topological polar surface area (TPSA) is 66.0 Å². The summed E-state index contributed by atoms with van der Waals surface area (Å²) in [5.41, 5.74) is 7.18. The Hall–Kier alpha value is -1.88. The minimum absolute atomic E-state index is 0.350. The zero-order valence-corrected chi connectivity index (χ0v) is 15.0. The van der Waals surface area contributed by atoms with E-state index in [1.54, 1.807) is 7.11 Å². The van der Waals surface area contributed by atoms with Crippen LogP contribution in [0.2, 0.25) is 0 Å². The van der Waals surface area contributed by atoms with E-state index in [2.05, 4.69) is 16.8 Å². The van der Waals surface area contributed by atoms with Gasteiger partial charge in [0.2, 0.25) is 0 Å². The molecular weight excluding hydrogens is 312 g/mol. The molecule has 0 aliphatic heterocycles. The van der Waals surface area contributed by atoms with Gasteiger partial charge in [-0.3, -0.25) is 0 Å². The van der Waals surface area contributed by atoms with Gasteiger partial charge in [0.25, 0.3) is 0 Å². The van der Waals surface area contributed by atoms with Crippen molar-refractivity contribution in [2.24, 2.45) is 5.73 Å². The van der Waals surface area contributed by atoms with E-state index >= 15 is 0 Å². The fraction of sp³-hybridized carbons (Fsp3) is 0.600. The summed E-state index contributed by atoms with van der Waals surface area (Å²) in [5, 5.41) is 4.95. The lowest BCUT2D eigenvalue weighted by Crippen LogP contribution is -2.26. The molecule has 2 saturated carbocycles. The summed E-state index contributed by atoms with van der Waals surface area (Å²) in [6, 6.07) is 8.48. The smallest absolute Gasteiger partial charge is 0.154 e. The second-order valence-corrected chi connectivity index (χ2v) is 7.53. The Balaban J connectivity index is 1.69. The molecule has 2 aromatic rings. The van der Waals surface area contributed by atoms with E-state index in [0.29, 0.717) is 17.9 Å². The number of hydrogen-bond donors (Lipinski definition) is 1. The van der Waals surface area contributed by atoms with Gasteiger partial charge >= 0.3 is 0 Å². The Morgan fingerprint density at radius 1 is 0.960 bits per heavy atom. The molecule has 0 saturated heterocycles. The molecule has 2 fully saturated rings. The van der Waals surface area contributed by atoms with Gasteiger partial charge in [0, 0.05) is 17.9 Å². The summed E-state index contributed by atoms with van der Waals surface area (Å²) in [7, 11) is 1.69. The van der Waals surface area contributed by atoms with E-state index in [9.17, 15) is 0 Å². The average Bonchev–Trinajstić information content (AvgIpc) is 3.32. The molecule has 0 amide bonds. The quantitative estimate of drug-likeness (QED) is 0.916. The predicted octanol–water partition coefficient (Wildman–Crippen LogP) is 3.92. The van der Waals surface area contributed by atoms with E-state index in [-0.39, 0.29) is 0 Å². The number of nitrogens with two attached hydrogens (primary N) is 1. The van der Waals surface area contributed by atoms with Gasteiger partial charge in [0.05, 0.1) is 12.8 Å². The third kappa shape index (κ3) is 3.43. The Labute approximate surface area is 149 Å². The lowest BCUT2D eigenvalue weighted by molar-refractivity contribution is 0.380. The first kappa shape index (κ1) is 16.6. The van der Waals surface area contributed by atoms with Crippen LogP contribution < -0.4 is 10.5 Å². The minimum atomic E-state index is 0.350. The van der Waals surface area contributed by atoms with Crippen molar-refractivity contribution in [1.29, 1.82) is 0 Å². The molecule has 2 N–H and O–H groups in total. The molecule has 1 heterocycles. The van der Waals surface area contributed by atoms with Gasteiger partial charge in [0.1, 0.15) is 11.6 Å². The van der Waals surface area contributed by atoms with Crippen molar-refractivity contribution in [3.05, 3.63) is 35.9 Å². The molecule has 0 atom stereocenters. The van der Waals surface area contributed by atoms with Gasteiger partial charge in [-0.05, 0) is 62.8 Å². The van der Waals surface area contributed by atoms with Crippen LogP contribution >= 0.6 is 0 Å². The monoisotopic (exact) mass is 340 g/mol. The zero-order chi connectivity index (χ0) is 17.2. The van der Waals surface area contributed by atoms with Gasteiger partial charge in [-0.25, -0.2) is 9.67 Å². The molecule has 25 heavy (non-hydrogen) atoms. The maximum atomic E-state index is 6.10. The molecule has 2 aliphatic carbocycles. The van der Waals surface area contributed by atoms with Crippen LogP contribution in [0.25, 0.3) is 5.69 Å². The Morgan fingerprint density at radius 2 is 1.64 bits per heavy atom. The first-order valence-electron chi connectivity index (χ1n) is 9.61. The average molecular weight is 340 g/mol. The predicted molar refractivity (Wildman–Crippen MR) is 98.3 cm³/mol. The van der Waals surface area contributed by atoms with E-state index in [1.807, 2.05) is 12.1 Å². The summed E-state index contributed by atoms with van der Waals surface area (Å²) in [6.07, 6.45) is 9.44. The molecule has 4 rings (SSSR count). The van der Waals surface area contributed by atoms with E-state index in [4.69, 9.17) is 20.6 Å². The first-order chi connectivity index (χ1) is 12.2. The van der Waals surface area contributed by atoms with E-state index < -0.39 is 0 Å². The van der Waals surface area contributed by atoms with Crippen LogP contribution in [0.4, 0.5) is 0 Å². The first-order valence-corrected chi connectivity index (χ1v) is 9.61. The fourth-order valence-electron chi connectivity index (χ4n) is 4.25. The third-order valence-electron chi connectivity index (χ3n) is 5.82. The maximum Gasteiger partial charge on any atom is 0.154 e. The number of rotatable bonds is 4. The number of benzene rings is 1. The number of aromatic nitrogens is 3. The van der Waals surface area contributed by atoms with Crippen molar-refractivity contribution >= 4 is 0 Å². The Kier molecular flexibility index (Phi) is 4.75. The van der Waals surface area contributed by atoms with Gasteiger partial charge in [-0.15, -0.1) is 0 Å². The molecule has 1 aromatic heterocycles. The highest BCUT2D eigenvalue weighted by molar-refractivity contribution is 5.38. The second-order valence-electron chi connectivity index (χ2n) is 7.53. The SMILES string of the molecule is COc1ccc(-n2nc(C3CCCC3)nc2C2CCC(N)CC2)cc1. The lowest BCUT2D eigenvalue weighted by atomic mass is 9.86. The van der Waals surface area contributed by atoms with Crippen LogP contribution in [-0.2, 0) is 0 Å².